The highest BCUT2D eigenvalue weighted by atomic mass is 32.2. The predicted molar refractivity (Wildman–Crippen MR) is 116 cm³/mol. The van der Waals surface area contributed by atoms with Crippen LogP contribution in [0.2, 0.25) is 0 Å². The van der Waals surface area contributed by atoms with Crippen molar-refractivity contribution in [3.05, 3.63) is 35.9 Å². The molecular formula is C20H27N3O3S2. The second-order valence-corrected chi connectivity index (χ2v) is 9.31. The number of amides is 1. The maximum atomic E-state index is 13.0. The van der Waals surface area contributed by atoms with E-state index in [2.05, 4.69) is 11.4 Å². The number of carboxylic acids is 1. The van der Waals surface area contributed by atoms with Gasteiger partial charge in [0.25, 0.3) is 0 Å². The molecule has 1 aromatic carbocycles. The van der Waals surface area contributed by atoms with Crippen molar-refractivity contribution < 1.29 is 14.7 Å². The summed E-state index contributed by atoms with van der Waals surface area (Å²) in [6, 6.07) is 11.6. The molecule has 0 aliphatic rings. The van der Waals surface area contributed by atoms with Gasteiger partial charge in [-0.15, -0.1) is 0 Å². The Morgan fingerprint density at radius 3 is 2.50 bits per heavy atom. The first-order chi connectivity index (χ1) is 13.2. The number of carboxylic acid groups (broad SMARTS) is 1. The van der Waals surface area contributed by atoms with E-state index in [1.165, 1.54) is 11.8 Å². The maximum absolute atomic E-state index is 13.0. The third kappa shape index (κ3) is 7.58. The third-order valence-corrected chi connectivity index (χ3v) is 6.05. The highest BCUT2D eigenvalue weighted by molar-refractivity contribution is 8.25. The minimum atomic E-state index is -1.02. The minimum absolute atomic E-state index is 0.136. The molecular weight excluding hydrogens is 394 g/mol. The molecule has 152 valence electrons. The summed E-state index contributed by atoms with van der Waals surface area (Å²) in [6.45, 7) is 4.33. The molecule has 0 radical (unpaired) electrons. The summed E-state index contributed by atoms with van der Waals surface area (Å²) in [5.41, 5.74) is 5.35. The second-order valence-electron chi connectivity index (χ2n) is 7.13. The van der Waals surface area contributed by atoms with Crippen LogP contribution in [0.4, 0.5) is 0 Å². The van der Waals surface area contributed by atoms with Crippen molar-refractivity contribution in [2.45, 2.75) is 44.3 Å². The summed E-state index contributed by atoms with van der Waals surface area (Å²) in [4.78, 5) is 24.0. The first-order valence-electron chi connectivity index (χ1n) is 9.05. The Morgan fingerprint density at radius 2 is 1.96 bits per heavy atom. The summed E-state index contributed by atoms with van der Waals surface area (Å²) in [6.07, 6.45) is 0.839. The van der Waals surface area contributed by atoms with Crippen LogP contribution in [0.25, 0.3) is 0 Å². The van der Waals surface area contributed by atoms with Crippen LogP contribution in [0.15, 0.2) is 30.3 Å². The lowest BCUT2D eigenvalue weighted by Gasteiger charge is -2.34. The van der Waals surface area contributed by atoms with Gasteiger partial charge in [-0.25, -0.2) is 0 Å². The van der Waals surface area contributed by atoms with Crippen molar-refractivity contribution in [1.29, 1.82) is 5.26 Å². The van der Waals surface area contributed by atoms with Gasteiger partial charge in [-0.1, -0.05) is 54.3 Å². The number of nitriles is 1. The number of rotatable bonds is 11. The summed E-state index contributed by atoms with van der Waals surface area (Å²) in [5, 5.41) is 21.5. The molecule has 0 aliphatic heterocycles. The van der Waals surface area contributed by atoms with Crippen molar-refractivity contribution >= 4 is 40.1 Å². The van der Waals surface area contributed by atoms with Crippen LogP contribution < -0.4 is 11.1 Å². The molecule has 28 heavy (non-hydrogen) atoms. The minimum Gasteiger partial charge on any atom is -0.481 e. The largest absolute Gasteiger partial charge is 0.481 e. The molecule has 0 aromatic heterocycles. The number of carbonyl (C=O) groups excluding carboxylic acids is 1. The van der Waals surface area contributed by atoms with E-state index in [0.717, 1.165) is 5.56 Å². The maximum Gasteiger partial charge on any atom is 0.303 e. The molecule has 2 unspecified atom stereocenters. The quantitative estimate of drug-likeness (QED) is 0.371. The second kappa shape index (κ2) is 11.1. The summed E-state index contributed by atoms with van der Waals surface area (Å²) >= 11 is 6.77. The molecule has 4 N–H and O–H groups in total. The number of thiocarbonyl (C=S) groups is 1. The number of hydrogen-bond acceptors (Lipinski definition) is 6. The van der Waals surface area contributed by atoms with Gasteiger partial charge in [0.05, 0.1) is 20.4 Å². The number of benzene rings is 1. The normalized spacial score (nSPS) is 14.9. The topological polar surface area (TPSA) is 116 Å². The van der Waals surface area contributed by atoms with Crippen molar-refractivity contribution in [2.24, 2.45) is 11.1 Å². The van der Waals surface area contributed by atoms with Crippen LogP contribution in [0.5, 0.6) is 0 Å². The standard InChI is InChI=1S/C20H27N3O3S2/c1-19(14-22,10-9-16(24)25)13-20(2,18(26)23-12-6-11-21)28-17(27)15-7-4-3-5-8-15/h3-5,7-8H,6,9-13,21H2,1-2H3,(H,23,26)(H,24,25). The summed E-state index contributed by atoms with van der Waals surface area (Å²) in [7, 11) is 0. The lowest BCUT2D eigenvalue weighted by Crippen LogP contribution is -2.46. The molecule has 0 heterocycles. The average molecular weight is 422 g/mol. The number of thioether (sulfide) groups is 1. The van der Waals surface area contributed by atoms with E-state index < -0.39 is 16.1 Å². The highest BCUT2D eigenvalue weighted by Crippen LogP contribution is 2.41. The summed E-state index contributed by atoms with van der Waals surface area (Å²) < 4.78 is -0.472. The van der Waals surface area contributed by atoms with E-state index in [1.54, 1.807) is 13.8 Å². The monoisotopic (exact) mass is 421 g/mol. The smallest absolute Gasteiger partial charge is 0.303 e. The molecule has 6 nitrogen and oxygen atoms in total. The van der Waals surface area contributed by atoms with E-state index in [9.17, 15) is 14.9 Å². The van der Waals surface area contributed by atoms with Crippen LogP contribution in [-0.4, -0.2) is 39.0 Å². The summed E-state index contributed by atoms with van der Waals surface area (Å²) in [5.74, 6) is -1.20. The van der Waals surface area contributed by atoms with Crippen LogP contribution in [0.1, 0.15) is 45.1 Å². The van der Waals surface area contributed by atoms with E-state index >= 15 is 0 Å². The van der Waals surface area contributed by atoms with Crippen LogP contribution in [0, 0.1) is 16.7 Å². The molecule has 0 aliphatic carbocycles. The van der Waals surface area contributed by atoms with Crippen molar-refractivity contribution in [3.8, 4) is 6.07 Å². The Hall–Kier alpha value is -1.95. The zero-order valence-electron chi connectivity index (χ0n) is 16.2. The van der Waals surface area contributed by atoms with E-state index in [-0.39, 0.29) is 25.2 Å². The van der Waals surface area contributed by atoms with Gasteiger partial charge in [0.2, 0.25) is 5.91 Å². The number of carbonyl (C=O) groups is 2. The predicted octanol–water partition coefficient (Wildman–Crippen LogP) is 3.10. The third-order valence-electron chi connectivity index (χ3n) is 4.36. The molecule has 0 spiro atoms. The highest BCUT2D eigenvalue weighted by Gasteiger charge is 2.42. The average Bonchev–Trinajstić information content (AvgIpc) is 2.67. The molecule has 8 heteroatoms. The van der Waals surface area contributed by atoms with Crippen molar-refractivity contribution in [2.75, 3.05) is 13.1 Å². The first-order valence-corrected chi connectivity index (χ1v) is 10.3. The van der Waals surface area contributed by atoms with Crippen LogP contribution in [-0.2, 0) is 9.59 Å². The number of nitrogens with one attached hydrogen (secondary N) is 1. The van der Waals surface area contributed by atoms with Gasteiger partial charge < -0.3 is 16.2 Å². The van der Waals surface area contributed by atoms with Crippen LogP contribution in [0.3, 0.4) is 0 Å². The first kappa shape index (κ1) is 24.1. The van der Waals surface area contributed by atoms with Gasteiger partial charge in [-0.3, -0.25) is 9.59 Å². The molecule has 0 saturated heterocycles. The Balaban J connectivity index is 3.08. The Labute approximate surface area is 175 Å². The van der Waals surface area contributed by atoms with Gasteiger partial charge in [0.15, 0.2) is 0 Å². The molecule has 1 amide bonds. The lowest BCUT2D eigenvalue weighted by atomic mass is 9.78. The van der Waals surface area contributed by atoms with E-state index in [4.69, 9.17) is 23.1 Å². The fourth-order valence-electron chi connectivity index (χ4n) is 2.80. The number of nitrogens with two attached hydrogens (primary N) is 1. The molecule has 1 rings (SSSR count). The van der Waals surface area contributed by atoms with Gasteiger partial charge in [0.1, 0.15) is 0 Å². The fourth-order valence-corrected chi connectivity index (χ4v) is 4.71. The van der Waals surface area contributed by atoms with Gasteiger partial charge in [-0.05, 0) is 45.2 Å². The van der Waals surface area contributed by atoms with Gasteiger partial charge >= 0.3 is 5.97 Å². The SMILES string of the molecule is CC(C#N)(CCC(=O)O)CC(C)(SC(=S)c1ccccc1)C(=O)NCCCN. The Bertz CT molecular complexity index is 736. The molecule has 1 aromatic rings. The molecule has 0 fully saturated rings. The molecule has 0 saturated carbocycles. The lowest BCUT2D eigenvalue weighted by molar-refractivity contribution is -0.137. The van der Waals surface area contributed by atoms with Crippen LogP contribution >= 0.6 is 24.0 Å². The zero-order chi connectivity index (χ0) is 21.2. The Morgan fingerprint density at radius 1 is 1.32 bits per heavy atom. The number of nitrogens with zero attached hydrogens (tertiary/aromatic N) is 1. The Kier molecular flexibility index (Phi) is 9.59. The van der Waals surface area contributed by atoms with E-state index in [1.807, 2.05) is 30.3 Å². The van der Waals surface area contributed by atoms with Gasteiger partial charge in [0, 0.05) is 13.0 Å². The fraction of sp³-hybridized carbons (Fsp3) is 0.500. The van der Waals surface area contributed by atoms with E-state index in [0.29, 0.717) is 23.7 Å². The zero-order valence-corrected chi connectivity index (χ0v) is 17.9. The number of hydrogen-bond donors (Lipinski definition) is 3. The molecule has 2 atom stereocenters. The molecule has 0 bridgehead atoms. The van der Waals surface area contributed by atoms with Gasteiger partial charge in [-0.2, -0.15) is 5.26 Å². The number of aliphatic carboxylic acids is 1. The van der Waals surface area contributed by atoms with Crippen molar-refractivity contribution in [3.63, 3.8) is 0 Å². The van der Waals surface area contributed by atoms with Crippen molar-refractivity contribution in [1.82, 2.24) is 5.32 Å².